The zero-order valence-corrected chi connectivity index (χ0v) is 16.0. The molecule has 1 aromatic carbocycles. The predicted molar refractivity (Wildman–Crippen MR) is 106 cm³/mol. The second-order valence-corrected chi connectivity index (χ2v) is 8.13. The van der Waals surface area contributed by atoms with Crippen LogP contribution in [0.15, 0.2) is 24.5 Å². The van der Waals surface area contributed by atoms with Gasteiger partial charge in [0.05, 0.1) is 23.4 Å². The number of aliphatic hydroxyl groups excluding tert-OH is 1. The summed E-state index contributed by atoms with van der Waals surface area (Å²) in [6.07, 6.45) is 4.89. The summed E-state index contributed by atoms with van der Waals surface area (Å²) in [5.41, 5.74) is 2.86. The molecule has 7 nitrogen and oxygen atoms in total. The van der Waals surface area contributed by atoms with Gasteiger partial charge in [-0.05, 0) is 36.8 Å². The van der Waals surface area contributed by atoms with Crippen molar-refractivity contribution in [1.29, 1.82) is 5.26 Å². The zero-order chi connectivity index (χ0) is 19.7. The number of aromatic nitrogens is 2. The van der Waals surface area contributed by atoms with E-state index < -0.39 is 6.10 Å². The van der Waals surface area contributed by atoms with Crippen LogP contribution in [0, 0.1) is 23.2 Å². The van der Waals surface area contributed by atoms with Crippen molar-refractivity contribution < 1.29 is 9.90 Å². The molecule has 0 bridgehead atoms. The first-order valence-electron chi connectivity index (χ1n) is 9.88. The number of β-amino-alcohol motifs (C(OH)–C–C–N with tert-alkyl or cyclic N) is 1. The average molecular weight is 379 g/mol. The van der Waals surface area contributed by atoms with Gasteiger partial charge in [-0.2, -0.15) is 5.26 Å². The van der Waals surface area contributed by atoms with Crippen LogP contribution in [0.5, 0.6) is 0 Å². The minimum Gasteiger partial charge on any atom is -0.392 e. The molecule has 146 valence electrons. The van der Waals surface area contributed by atoms with E-state index in [0.29, 0.717) is 36.4 Å². The molecule has 3 heterocycles. The normalized spacial score (nSPS) is 27.7. The molecule has 2 aliphatic rings. The van der Waals surface area contributed by atoms with Crippen molar-refractivity contribution in [3.63, 3.8) is 0 Å². The van der Waals surface area contributed by atoms with Crippen LogP contribution in [-0.2, 0) is 4.79 Å². The number of piperidine rings is 1. The molecule has 2 aliphatic heterocycles. The number of anilines is 1. The van der Waals surface area contributed by atoms with Crippen LogP contribution in [0.1, 0.15) is 31.7 Å². The highest BCUT2D eigenvalue weighted by Gasteiger charge is 2.32. The van der Waals surface area contributed by atoms with Crippen molar-refractivity contribution in [2.75, 3.05) is 24.5 Å². The van der Waals surface area contributed by atoms with E-state index in [-0.39, 0.29) is 17.7 Å². The lowest BCUT2D eigenvalue weighted by atomic mass is 9.85. The number of nitriles is 1. The van der Waals surface area contributed by atoms with Crippen LogP contribution in [0.3, 0.4) is 0 Å². The number of ketones is 1. The van der Waals surface area contributed by atoms with Gasteiger partial charge < -0.3 is 15.3 Å². The highest BCUT2D eigenvalue weighted by atomic mass is 16.3. The third-order valence-electron chi connectivity index (χ3n) is 5.80. The Morgan fingerprint density at radius 3 is 2.79 bits per heavy atom. The van der Waals surface area contributed by atoms with Crippen LogP contribution >= 0.6 is 0 Å². The van der Waals surface area contributed by atoms with Gasteiger partial charge in [-0.25, -0.2) is 0 Å². The Morgan fingerprint density at radius 2 is 2.07 bits per heavy atom. The summed E-state index contributed by atoms with van der Waals surface area (Å²) in [6.45, 7) is 4.38. The van der Waals surface area contributed by atoms with Crippen LogP contribution in [0.4, 0.5) is 5.69 Å². The lowest BCUT2D eigenvalue weighted by molar-refractivity contribution is -0.121. The Kier molecular flexibility index (Phi) is 5.25. The molecule has 0 unspecified atom stereocenters. The molecule has 2 N–H and O–H groups in total. The van der Waals surface area contributed by atoms with Crippen molar-refractivity contribution >= 4 is 22.5 Å². The van der Waals surface area contributed by atoms with Gasteiger partial charge in [-0.1, -0.05) is 6.92 Å². The molecule has 0 amide bonds. The molecular weight excluding hydrogens is 354 g/mol. The third-order valence-corrected chi connectivity index (χ3v) is 5.80. The minimum atomic E-state index is -0.417. The van der Waals surface area contributed by atoms with Crippen molar-refractivity contribution in [1.82, 2.24) is 15.3 Å². The van der Waals surface area contributed by atoms with Gasteiger partial charge in [0.25, 0.3) is 0 Å². The summed E-state index contributed by atoms with van der Waals surface area (Å²) in [4.78, 5) is 23.8. The lowest BCUT2D eigenvalue weighted by Gasteiger charge is -2.38. The molecule has 4 rings (SSSR count). The Labute approximate surface area is 164 Å². The first kappa shape index (κ1) is 18.8. The number of carbonyl (C=O) groups is 1. The largest absolute Gasteiger partial charge is 0.392 e. The minimum absolute atomic E-state index is 0.195. The van der Waals surface area contributed by atoms with Gasteiger partial charge in [0.1, 0.15) is 22.9 Å². The fourth-order valence-electron chi connectivity index (χ4n) is 4.60. The number of benzene rings is 1. The van der Waals surface area contributed by atoms with Gasteiger partial charge in [0.2, 0.25) is 0 Å². The van der Waals surface area contributed by atoms with E-state index >= 15 is 0 Å². The summed E-state index contributed by atoms with van der Waals surface area (Å²) in [5, 5.41) is 22.1. The van der Waals surface area contributed by atoms with Crippen molar-refractivity contribution in [3.05, 3.63) is 30.1 Å². The number of hydrogen-bond acceptors (Lipinski definition) is 7. The second kappa shape index (κ2) is 7.82. The summed E-state index contributed by atoms with van der Waals surface area (Å²) in [7, 11) is 0. The second-order valence-electron chi connectivity index (χ2n) is 8.13. The van der Waals surface area contributed by atoms with E-state index in [1.165, 1.54) is 0 Å². The standard InChI is InChI=1S/C21H25N5O2/c1-13-6-14(7-19(28)17-8-16(27)10-25-17)12-26(11-13)18-3-2-15(9-22)20-21(18)24-5-4-23-20/h2-5,13-14,16-17,25,27H,6-8,10-12H2,1H3/t13-,14-,16-,17-/m0/s1. The predicted octanol–water partition coefficient (Wildman–Crippen LogP) is 1.65. The van der Waals surface area contributed by atoms with E-state index in [1.54, 1.807) is 18.5 Å². The van der Waals surface area contributed by atoms with E-state index in [9.17, 15) is 15.2 Å². The van der Waals surface area contributed by atoms with E-state index in [2.05, 4.69) is 33.2 Å². The molecule has 0 aliphatic carbocycles. The molecule has 1 aromatic heterocycles. The fourth-order valence-corrected chi connectivity index (χ4v) is 4.60. The molecular formula is C21H25N5O2. The highest BCUT2D eigenvalue weighted by Crippen LogP contribution is 2.33. The van der Waals surface area contributed by atoms with E-state index in [1.807, 2.05) is 6.07 Å². The lowest BCUT2D eigenvalue weighted by Crippen LogP contribution is -2.42. The average Bonchev–Trinajstić information content (AvgIpc) is 3.13. The monoisotopic (exact) mass is 379 g/mol. The SMILES string of the molecule is C[C@H]1C[C@@H](CC(=O)[C@@H]2C[C@H](O)CN2)CN(c2ccc(C#N)c3nccnc23)C1. The van der Waals surface area contributed by atoms with Crippen LogP contribution in [-0.4, -0.2) is 52.6 Å². The van der Waals surface area contributed by atoms with Crippen LogP contribution in [0.2, 0.25) is 0 Å². The number of nitrogens with one attached hydrogen (secondary N) is 1. The molecule has 0 spiro atoms. The number of fused-ring (bicyclic) bond motifs is 1. The van der Waals surface area contributed by atoms with Crippen LogP contribution < -0.4 is 10.2 Å². The summed E-state index contributed by atoms with van der Waals surface area (Å²) in [5.74, 6) is 0.911. The molecule has 2 fully saturated rings. The van der Waals surface area contributed by atoms with Crippen molar-refractivity contribution in [2.45, 2.75) is 38.3 Å². The number of aliphatic hydroxyl groups is 1. The highest BCUT2D eigenvalue weighted by molar-refractivity contribution is 5.92. The summed E-state index contributed by atoms with van der Waals surface area (Å²) < 4.78 is 0. The van der Waals surface area contributed by atoms with Gasteiger partial charge in [0, 0.05) is 38.4 Å². The van der Waals surface area contributed by atoms with Gasteiger partial charge in [-0.3, -0.25) is 14.8 Å². The zero-order valence-electron chi connectivity index (χ0n) is 16.0. The number of rotatable bonds is 4. The molecule has 7 heteroatoms. The van der Waals surface area contributed by atoms with Gasteiger partial charge >= 0.3 is 0 Å². The Balaban J connectivity index is 1.55. The smallest absolute Gasteiger partial charge is 0.150 e. The fraction of sp³-hybridized carbons (Fsp3) is 0.524. The Morgan fingerprint density at radius 1 is 1.29 bits per heavy atom. The molecule has 28 heavy (non-hydrogen) atoms. The summed E-state index contributed by atoms with van der Waals surface area (Å²) >= 11 is 0. The quantitative estimate of drug-likeness (QED) is 0.833. The van der Waals surface area contributed by atoms with E-state index in [4.69, 9.17) is 0 Å². The molecule has 0 radical (unpaired) electrons. The molecule has 2 saturated heterocycles. The van der Waals surface area contributed by atoms with Gasteiger partial charge in [0.15, 0.2) is 0 Å². The first-order valence-corrected chi connectivity index (χ1v) is 9.88. The summed E-state index contributed by atoms with van der Waals surface area (Å²) in [6, 6.07) is 5.71. The number of nitrogens with zero attached hydrogens (tertiary/aromatic N) is 4. The molecule has 0 saturated carbocycles. The Hall–Kier alpha value is -2.56. The number of Topliss-reactive ketones (excluding diaryl/α,β-unsaturated/α-hetero) is 1. The maximum Gasteiger partial charge on any atom is 0.150 e. The third kappa shape index (κ3) is 3.71. The first-order chi connectivity index (χ1) is 13.5. The maximum absolute atomic E-state index is 12.7. The van der Waals surface area contributed by atoms with Crippen molar-refractivity contribution in [2.24, 2.45) is 11.8 Å². The number of carbonyl (C=O) groups excluding carboxylic acids is 1. The van der Waals surface area contributed by atoms with Crippen molar-refractivity contribution in [3.8, 4) is 6.07 Å². The molecule has 4 atom stereocenters. The maximum atomic E-state index is 12.7. The van der Waals surface area contributed by atoms with Crippen LogP contribution in [0.25, 0.3) is 11.0 Å². The Bertz CT molecular complexity index is 925. The van der Waals surface area contributed by atoms with Gasteiger partial charge in [-0.15, -0.1) is 0 Å². The van der Waals surface area contributed by atoms with E-state index in [0.717, 1.165) is 30.7 Å². The number of hydrogen-bond donors (Lipinski definition) is 2. The molecule has 2 aromatic rings. The topological polar surface area (TPSA) is 102 Å².